The molecule has 0 aliphatic heterocycles. The molecule has 0 aliphatic carbocycles. The molecule has 0 amide bonds. The van der Waals surface area contributed by atoms with Gasteiger partial charge in [-0.3, -0.25) is 0 Å². The molecule has 4 aromatic rings. The second-order valence-corrected chi connectivity index (χ2v) is 7.57. The van der Waals surface area contributed by atoms with Crippen molar-refractivity contribution in [1.29, 1.82) is 0 Å². The standard InChI is InChI=1S/C23H19N2S.C2H7N.ClH/c24-19-10-4-8-17(14-19)22-21(16-6-2-1-3-7-16)12-13-26-23(22)18-9-5-11-20(25)15-18;1-3-2;/h1-15H,24-25H2;3H,1-2H3;1H/q+1;;/p-1. The van der Waals surface area contributed by atoms with Gasteiger partial charge in [0.1, 0.15) is 0 Å². The summed E-state index contributed by atoms with van der Waals surface area (Å²) in [4.78, 5) is 1.18. The molecule has 0 saturated carbocycles. The first-order chi connectivity index (χ1) is 14.1. The Labute approximate surface area is 188 Å². The van der Waals surface area contributed by atoms with Gasteiger partial charge >= 0.3 is 0 Å². The van der Waals surface area contributed by atoms with E-state index >= 15 is 0 Å². The highest BCUT2D eigenvalue weighted by atomic mass is 35.5. The minimum absolute atomic E-state index is 0. The van der Waals surface area contributed by atoms with Crippen molar-refractivity contribution in [3.8, 4) is 32.7 Å². The van der Waals surface area contributed by atoms with E-state index in [0.717, 1.165) is 22.5 Å². The third kappa shape index (κ3) is 5.57. The molecule has 154 valence electrons. The number of hydrogen-bond acceptors (Lipinski definition) is 3. The fraction of sp³-hybridized carbons (Fsp3) is 0.0800. The minimum Gasteiger partial charge on any atom is -1.00 e. The molecule has 1 aromatic heterocycles. The Morgan fingerprint density at radius 1 is 0.667 bits per heavy atom. The van der Waals surface area contributed by atoms with E-state index in [2.05, 4.69) is 53.2 Å². The highest BCUT2D eigenvalue weighted by molar-refractivity contribution is 7.13. The van der Waals surface area contributed by atoms with Crippen molar-refractivity contribution in [2.75, 3.05) is 25.6 Å². The molecule has 3 nitrogen and oxygen atoms in total. The first kappa shape index (κ1) is 23.4. The second kappa shape index (κ2) is 11.3. The van der Waals surface area contributed by atoms with E-state index < -0.39 is 0 Å². The molecule has 4 rings (SSSR count). The summed E-state index contributed by atoms with van der Waals surface area (Å²) in [5.41, 5.74) is 19.4. The van der Waals surface area contributed by atoms with Crippen LogP contribution in [0.1, 0.15) is 0 Å². The smallest absolute Gasteiger partial charge is 0.246 e. The summed E-state index contributed by atoms with van der Waals surface area (Å²) in [6.07, 6.45) is 0. The lowest BCUT2D eigenvalue weighted by molar-refractivity contribution is -0.00000575. The van der Waals surface area contributed by atoms with Crippen molar-refractivity contribution < 1.29 is 12.4 Å². The normalized spacial score (nSPS) is 9.80. The van der Waals surface area contributed by atoms with Crippen LogP contribution in [0.4, 0.5) is 11.4 Å². The van der Waals surface area contributed by atoms with Crippen molar-refractivity contribution in [3.05, 3.63) is 90.3 Å². The molecule has 30 heavy (non-hydrogen) atoms. The van der Waals surface area contributed by atoms with Crippen LogP contribution in [-0.4, -0.2) is 14.1 Å². The van der Waals surface area contributed by atoms with Gasteiger partial charge in [-0.15, -0.1) is 0 Å². The third-order valence-electron chi connectivity index (χ3n) is 4.33. The molecule has 0 spiro atoms. The molecular weight excluding hydrogens is 410 g/mol. The van der Waals surface area contributed by atoms with Gasteiger partial charge < -0.3 is 29.2 Å². The number of rotatable bonds is 3. The molecule has 0 unspecified atom stereocenters. The van der Waals surface area contributed by atoms with E-state index in [9.17, 15) is 0 Å². The summed E-state index contributed by atoms with van der Waals surface area (Å²) >= 11 is 1.71. The van der Waals surface area contributed by atoms with Gasteiger partial charge in [-0.1, -0.05) is 48.5 Å². The van der Waals surface area contributed by atoms with Gasteiger partial charge in [0.05, 0.1) is 5.56 Å². The van der Waals surface area contributed by atoms with Gasteiger partial charge in [-0.25, -0.2) is 0 Å². The average Bonchev–Trinajstić information content (AvgIpc) is 2.74. The van der Waals surface area contributed by atoms with Gasteiger partial charge in [-0.2, -0.15) is 0 Å². The summed E-state index contributed by atoms with van der Waals surface area (Å²) in [6.45, 7) is 0. The van der Waals surface area contributed by atoms with Crippen LogP contribution in [-0.2, 0) is 0 Å². The maximum atomic E-state index is 6.08. The minimum atomic E-state index is 0. The first-order valence-electron chi connectivity index (χ1n) is 9.44. The van der Waals surface area contributed by atoms with E-state index in [1.165, 1.54) is 21.6 Å². The number of anilines is 2. The zero-order valence-corrected chi connectivity index (χ0v) is 18.7. The molecule has 0 aliphatic rings. The van der Waals surface area contributed by atoms with Crippen LogP contribution < -0.4 is 29.2 Å². The number of halogens is 1. The molecular formula is C25H26ClN3S. The highest BCUT2D eigenvalue weighted by Gasteiger charge is 2.22. The van der Waals surface area contributed by atoms with Crippen molar-refractivity contribution in [1.82, 2.24) is 5.32 Å². The Hall–Kier alpha value is -2.92. The second-order valence-electron chi connectivity index (χ2n) is 6.66. The Morgan fingerprint density at radius 3 is 1.80 bits per heavy atom. The van der Waals surface area contributed by atoms with E-state index in [0.29, 0.717) is 0 Å². The Balaban J connectivity index is 0.000000757. The molecule has 0 saturated heterocycles. The van der Waals surface area contributed by atoms with Crippen molar-refractivity contribution in [2.24, 2.45) is 0 Å². The Morgan fingerprint density at radius 2 is 1.20 bits per heavy atom. The molecule has 1 heterocycles. The maximum absolute atomic E-state index is 6.08. The average molecular weight is 436 g/mol. The molecule has 5 heteroatoms. The van der Waals surface area contributed by atoms with Crippen molar-refractivity contribution >= 4 is 22.7 Å². The number of nitrogen functional groups attached to an aromatic ring is 2. The van der Waals surface area contributed by atoms with Crippen LogP contribution in [0.15, 0.2) is 90.3 Å². The largest absolute Gasteiger partial charge is 1.00 e. The highest BCUT2D eigenvalue weighted by Crippen LogP contribution is 2.42. The van der Waals surface area contributed by atoms with Gasteiger partial charge in [0.25, 0.3) is 0 Å². The van der Waals surface area contributed by atoms with Gasteiger partial charge in [-0.05, 0) is 55.6 Å². The SMILES string of the molecule is CNC.Nc1cccc(-c2[s+]ccc(-c3ccccc3)c2-c2cccc(N)c2)c1.[Cl-]. The number of nitrogens with one attached hydrogen (secondary N) is 1. The monoisotopic (exact) mass is 435 g/mol. The summed E-state index contributed by atoms with van der Waals surface area (Å²) in [5, 5.41) is 4.89. The van der Waals surface area contributed by atoms with E-state index in [1.54, 1.807) is 11.3 Å². The number of nitrogens with two attached hydrogens (primary N) is 2. The van der Waals surface area contributed by atoms with E-state index in [-0.39, 0.29) is 12.4 Å². The fourth-order valence-corrected chi connectivity index (χ4v) is 4.11. The van der Waals surface area contributed by atoms with Crippen LogP contribution >= 0.6 is 11.3 Å². The molecule has 0 radical (unpaired) electrons. The van der Waals surface area contributed by atoms with E-state index in [1.807, 2.05) is 56.6 Å². The van der Waals surface area contributed by atoms with Crippen molar-refractivity contribution in [2.45, 2.75) is 0 Å². The van der Waals surface area contributed by atoms with Crippen LogP contribution in [0.2, 0.25) is 0 Å². The summed E-state index contributed by atoms with van der Waals surface area (Å²) in [5.74, 6) is 0. The number of hydrogen-bond donors (Lipinski definition) is 3. The molecule has 0 atom stereocenters. The lowest BCUT2D eigenvalue weighted by atomic mass is 9.93. The Bertz CT molecular complexity index is 1080. The molecule has 3 aromatic carbocycles. The Kier molecular flexibility index (Phi) is 8.81. The van der Waals surface area contributed by atoms with Gasteiger partial charge in [0.2, 0.25) is 16.2 Å². The van der Waals surface area contributed by atoms with Crippen LogP contribution in [0.25, 0.3) is 32.7 Å². The zero-order chi connectivity index (χ0) is 20.6. The predicted molar refractivity (Wildman–Crippen MR) is 129 cm³/mol. The molecule has 0 fully saturated rings. The van der Waals surface area contributed by atoms with Gasteiger partial charge in [0.15, 0.2) is 5.38 Å². The number of benzene rings is 3. The van der Waals surface area contributed by atoms with Gasteiger partial charge in [0, 0.05) is 28.6 Å². The quantitative estimate of drug-likeness (QED) is 0.342. The lowest BCUT2D eigenvalue weighted by Gasteiger charge is -2.11. The molecule has 5 N–H and O–H groups in total. The van der Waals surface area contributed by atoms with Crippen LogP contribution in [0, 0.1) is 0 Å². The first-order valence-corrected chi connectivity index (χ1v) is 10.3. The summed E-state index contributed by atoms with van der Waals surface area (Å²) < 4.78 is 0. The van der Waals surface area contributed by atoms with Crippen LogP contribution in [0.5, 0.6) is 0 Å². The predicted octanol–water partition coefficient (Wildman–Crippen LogP) is 3.03. The third-order valence-corrected chi connectivity index (χ3v) is 5.27. The van der Waals surface area contributed by atoms with Crippen LogP contribution in [0.3, 0.4) is 0 Å². The zero-order valence-electron chi connectivity index (χ0n) is 17.1. The summed E-state index contributed by atoms with van der Waals surface area (Å²) in [7, 11) is 3.75. The topological polar surface area (TPSA) is 64.1 Å². The molecule has 0 bridgehead atoms. The van der Waals surface area contributed by atoms with Crippen molar-refractivity contribution in [3.63, 3.8) is 0 Å². The lowest BCUT2D eigenvalue weighted by Crippen LogP contribution is -3.00. The fourth-order valence-electron chi connectivity index (χ4n) is 3.17. The maximum Gasteiger partial charge on any atom is 0.246 e. The van der Waals surface area contributed by atoms with E-state index in [4.69, 9.17) is 11.5 Å². The summed E-state index contributed by atoms with van der Waals surface area (Å²) in [6, 6.07) is 28.7.